The van der Waals surface area contributed by atoms with Crippen LogP contribution in [0.3, 0.4) is 0 Å². The van der Waals surface area contributed by atoms with Gasteiger partial charge in [-0.2, -0.15) is 5.10 Å². The highest BCUT2D eigenvalue weighted by molar-refractivity contribution is 6.35. The first-order valence-corrected chi connectivity index (χ1v) is 6.99. The van der Waals surface area contributed by atoms with Crippen molar-refractivity contribution in [2.75, 3.05) is 7.11 Å². The number of aromatic hydroxyl groups is 1. The van der Waals surface area contributed by atoms with Gasteiger partial charge in [0.05, 0.1) is 18.2 Å². The number of phenols is 1. The third kappa shape index (κ3) is 4.93. The molecule has 10 heteroatoms. The van der Waals surface area contributed by atoms with Gasteiger partial charge in [-0.25, -0.2) is 5.43 Å². The van der Waals surface area contributed by atoms with Gasteiger partial charge in [0.15, 0.2) is 5.75 Å². The number of hydrazone groups is 1. The number of ether oxygens (including phenoxy) is 1. The molecule has 1 aromatic rings. The largest absolute Gasteiger partial charge is 0.500 e. The number of benzene rings is 1. The molecule has 0 saturated heterocycles. The molecule has 130 valence electrons. The maximum atomic E-state index is 11.5. The van der Waals surface area contributed by atoms with Gasteiger partial charge < -0.3 is 15.2 Å². The predicted molar refractivity (Wildman–Crippen MR) is 84.9 cm³/mol. The molecule has 0 aliphatic heterocycles. The van der Waals surface area contributed by atoms with E-state index in [4.69, 9.17) is 4.74 Å². The highest BCUT2D eigenvalue weighted by Gasteiger charge is 2.19. The summed E-state index contributed by atoms with van der Waals surface area (Å²) in [4.78, 5) is 33.1. The standard InChI is InChI=1S/C14H18N4O6/c1-4-8(2)16-13(20)14(21)17-15-7-9-5-10(18(22)23)12(19)11(6-9)24-3/h5-8,19H,4H2,1-3H3,(H,16,20)(H,17,21)/b15-7+/t8-/m0/s1. The first-order chi connectivity index (χ1) is 11.3. The summed E-state index contributed by atoms with van der Waals surface area (Å²) in [6.07, 6.45) is 1.75. The quantitative estimate of drug-likeness (QED) is 0.301. The number of rotatable bonds is 6. The zero-order chi connectivity index (χ0) is 18.3. The van der Waals surface area contributed by atoms with Crippen LogP contribution in [-0.2, 0) is 9.59 Å². The number of amides is 2. The normalized spacial score (nSPS) is 11.8. The van der Waals surface area contributed by atoms with Crippen molar-refractivity contribution in [2.24, 2.45) is 5.10 Å². The van der Waals surface area contributed by atoms with Crippen molar-refractivity contribution in [3.05, 3.63) is 27.8 Å². The highest BCUT2D eigenvalue weighted by Crippen LogP contribution is 2.36. The van der Waals surface area contributed by atoms with Crippen LogP contribution in [0.25, 0.3) is 0 Å². The van der Waals surface area contributed by atoms with Gasteiger partial charge in [-0.15, -0.1) is 0 Å². The lowest BCUT2D eigenvalue weighted by atomic mass is 10.2. The number of nitrogens with one attached hydrogen (secondary N) is 2. The molecule has 0 aliphatic carbocycles. The van der Waals surface area contributed by atoms with Crippen molar-refractivity contribution in [2.45, 2.75) is 26.3 Å². The number of hydrogen-bond acceptors (Lipinski definition) is 7. The van der Waals surface area contributed by atoms with Crippen molar-refractivity contribution in [3.8, 4) is 11.5 Å². The lowest BCUT2D eigenvalue weighted by Crippen LogP contribution is -2.41. The SMILES string of the molecule is CC[C@H](C)NC(=O)C(=O)N/N=C/c1cc(OC)c(O)c([N+](=O)[O-])c1. The Balaban J connectivity index is 2.84. The van der Waals surface area contributed by atoms with Crippen LogP contribution in [0.5, 0.6) is 11.5 Å². The molecule has 0 aromatic heterocycles. The Kier molecular flexibility index (Phi) is 6.65. The monoisotopic (exact) mass is 338 g/mol. The molecule has 1 atom stereocenters. The summed E-state index contributed by atoms with van der Waals surface area (Å²) < 4.78 is 4.83. The summed E-state index contributed by atoms with van der Waals surface area (Å²) in [6.45, 7) is 3.60. The van der Waals surface area contributed by atoms with Gasteiger partial charge >= 0.3 is 17.5 Å². The van der Waals surface area contributed by atoms with Gasteiger partial charge in [-0.1, -0.05) is 6.92 Å². The molecular formula is C14H18N4O6. The van der Waals surface area contributed by atoms with Crippen molar-refractivity contribution in [1.82, 2.24) is 10.7 Å². The molecule has 0 spiro atoms. The summed E-state index contributed by atoms with van der Waals surface area (Å²) in [5.41, 5.74) is 1.63. The molecule has 0 bridgehead atoms. The molecular weight excluding hydrogens is 320 g/mol. The van der Waals surface area contributed by atoms with Crippen LogP contribution in [0.2, 0.25) is 0 Å². The second-order valence-electron chi connectivity index (χ2n) is 4.83. The van der Waals surface area contributed by atoms with E-state index in [-0.39, 0.29) is 17.4 Å². The molecule has 3 N–H and O–H groups in total. The fourth-order valence-corrected chi connectivity index (χ4v) is 1.59. The Bertz CT molecular complexity index is 673. The minimum Gasteiger partial charge on any atom is -0.500 e. The minimum absolute atomic E-state index is 0.119. The molecule has 2 amide bonds. The van der Waals surface area contributed by atoms with E-state index in [2.05, 4.69) is 10.4 Å². The molecule has 24 heavy (non-hydrogen) atoms. The molecule has 0 aliphatic rings. The topological polar surface area (TPSA) is 143 Å². The van der Waals surface area contributed by atoms with Gasteiger partial charge in [-0.3, -0.25) is 19.7 Å². The number of carbonyl (C=O) groups excluding carboxylic acids is 2. The predicted octanol–water partition coefficient (Wildman–Crippen LogP) is 0.674. The zero-order valence-corrected chi connectivity index (χ0v) is 13.4. The van der Waals surface area contributed by atoms with E-state index in [1.54, 1.807) is 6.92 Å². The van der Waals surface area contributed by atoms with Crippen LogP contribution >= 0.6 is 0 Å². The van der Waals surface area contributed by atoms with Gasteiger partial charge in [0.1, 0.15) is 0 Å². The van der Waals surface area contributed by atoms with E-state index >= 15 is 0 Å². The summed E-state index contributed by atoms with van der Waals surface area (Å²) in [5.74, 6) is -2.54. The first kappa shape index (κ1) is 18.9. The average molecular weight is 338 g/mol. The van der Waals surface area contributed by atoms with Crippen LogP contribution in [0.15, 0.2) is 17.2 Å². The van der Waals surface area contributed by atoms with E-state index in [9.17, 15) is 24.8 Å². The van der Waals surface area contributed by atoms with Crippen molar-refractivity contribution < 1.29 is 24.4 Å². The molecule has 1 aromatic carbocycles. The second-order valence-corrected chi connectivity index (χ2v) is 4.83. The maximum absolute atomic E-state index is 11.5. The van der Waals surface area contributed by atoms with Crippen LogP contribution in [-0.4, -0.2) is 41.2 Å². The van der Waals surface area contributed by atoms with Crippen molar-refractivity contribution in [1.29, 1.82) is 0 Å². The fraction of sp³-hybridized carbons (Fsp3) is 0.357. The second kappa shape index (κ2) is 8.46. The Morgan fingerprint density at radius 2 is 2.12 bits per heavy atom. The number of hydrogen-bond donors (Lipinski definition) is 3. The lowest BCUT2D eigenvalue weighted by molar-refractivity contribution is -0.386. The first-order valence-electron chi connectivity index (χ1n) is 6.99. The average Bonchev–Trinajstić information content (AvgIpc) is 2.55. The number of carbonyl (C=O) groups is 2. The lowest BCUT2D eigenvalue weighted by Gasteiger charge is -2.09. The Labute approximate surface area is 137 Å². The van der Waals surface area contributed by atoms with Crippen LogP contribution in [0, 0.1) is 10.1 Å². The smallest absolute Gasteiger partial charge is 0.329 e. The molecule has 0 radical (unpaired) electrons. The van der Waals surface area contributed by atoms with E-state index in [1.807, 2.05) is 12.3 Å². The Morgan fingerprint density at radius 1 is 1.46 bits per heavy atom. The summed E-state index contributed by atoms with van der Waals surface area (Å²) in [5, 5.41) is 26.5. The fourth-order valence-electron chi connectivity index (χ4n) is 1.59. The maximum Gasteiger partial charge on any atom is 0.329 e. The number of nitro benzene ring substituents is 1. The summed E-state index contributed by atoms with van der Waals surface area (Å²) in [6, 6.07) is 2.18. The Hall–Kier alpha value is -3.17. The molecule has 10 nitrogen and oxygen atoms in total. The van der Waals surface area contributed by atoms with Crippen LogP contribution in [0.4, 0.5) is 5.69 Å². The minimum atomic E-state index is -0.966. The van der Waals surface area contributed by atoms with Gasteiger partial charge in [0.25, 0.3) is 0 Å². The van der Waals surface area contributed by atoms with E-state index in [0.717, 1.165) is 12.3 Å². The number of phenolic OH excluding ortho intramolecular Hbond substituents is 1. The van der Waals surface area contributed by atoms with Crippen molar-refractivity contribution in [3.63, 3.8) is 0 Å². The number of nitrogens with zero attached hydrogens (tertiary/aromatic N) is 2. The number of nitro groups is 1. The summed E-state index contributed by atoms with van der Waals surface area (Å²) >= 11 is 0. The highest BCUT2D eigenvalue weighted by atomic mass is 16.6. The third-order valence-electron chi connectivity index (χ3n) is 3.07. The van der Waals surface area contributed by atoms with E-state index in [0.29, 0.717) is 6.42 Å². The Morgan fingerprint density at radius 3 is 2.67 bits per heavy atom. The zero-order valence-electron chi connectivity index (χ0n) is 13.4. The molecule has 0 heterocycles. The molecule has 0 saturated carbocycles. The molecule has 0 unspecified atom stereocenters. The molecule has 0 fully saturated rings. The van der Waals surface area contributed by atoms with Gasteiger partial charge in [0.2, 0.25) is 5.75 Å². The van der Waals surface area contributed by atoms with Crippen LogP contribution < -0.4 is 15.5 Å². The van der Waals surface area contributed by atoms with Crippen molar-refractivity contribution >= 4 is 23.7 Å². The third-order valence-corrected chi connectivity index (χ3v) is 3.07. The van der Waals surface area contributed by atoms with E-state index < -0.39 is 28.2 Å². The van der Waals surface area contributed by atoms with Gasteiger partial charge in [-0.05, 0) is 19.4 Å². The van der Waals surface area contributed by atoms with E-state index in [1.165, 1.54) is 13.2 Å². The van der Waals surface area contributed by atoms with Crippen LogP contribution in [0.1, 0.15) is 25.8 Å². The van der Waals surface area contributed by atoms with Gasteiger partial charge in [0, 0.05) is 17.7 Å². The summed E-state index contributed by atoms with van der Waals surface area (Å²) in [7, 11) is 1.24. The number of methoxy groups -OCH3 is 1. The molecule has 1 rings (SSSR count).